The summed E-state index contributed by atoms with van der Waals surface area (Å²) in [5, 5.41) is 15.3. The number of carbonyl (C=O) groups excluding carboxylic acids is 1. The molecule has 8 nitrogen and oxygen atoms in total. The number of tetrazole rings is 1. The first-order valence-electron chi connectivity index (χ1n) is 10.3. The number of amides is 1. The number of nitrogens with one attached hydrogen (secondary N) is 1. The molecule has 0 spiro atoms. The summed E-state index contributed by atoms with van der Waals surface area (Å²) in [5.41, 5.74) is 2.15. The quantitative estimate of drug-likeness (QED) is 0.644. The van der Waals surface area contributed by atoms with E-state index in [-0.39, 0.29) is 18.5 Å². The molecule has 8 heteroatoms. The van der Waals surface area contributed by atoms with Gasteiger partial charge in [-0.05, 0) is 24.3 Å². The average molecular weight is 406 g/mol. The molecule has 1 aliphatic heterocycles. The molecule has 1 saturated heterocycles. The second-order valence-corrected chi connectivity index (χ2v) is 7.52. The van der Waals surface area contributed by atoms with E-state index in [0.29, 0.717) is 12.4 Å². The largest absolute Gasteiger partial charge is 0.369 e. The number of nitrogens with zero attached hydrogens (tertiary/aromatic N) is 6. The smallest absolute Gasteiger partial charge is 0.243 e. The van der Waals surface area contributed by atoms with Gasteiger partial charge in [0.05, 0.1) is 0 Å². The summed E-state index contributed by atoms with van der Waals surface area (Å²) in [4.78, 5) is 18.5. The third-order valence-corrected chi connectivity index (χ3v) is 5.42. The van der Waals surface area contributed by atoms with Crippen molar-refractivity contribution < 1.29 is 4.79 Å². The minimum atomic E-state index is -0.109. The zero-order valence-corrected chi connectivity index (χ0v) is 17.2. The Balaban J connectivity index is 1.21. The highest BCUT2D eigenvalue weighted by Crippen LogP contribution is 2.16. The summed E-state index contributed by atoms with van der Waals surface area (Å²) >= 11 is 0. The molecule has 1 aliphatic rings. The predicted octanol–water partition coefficient (Wildman–Crippen LogP) is 1.67. The molecule has 2 aromatic carbocycles. The van der Waals surface area contributed by atoms with Crippen LogP contribution in [0.1, 0.15) is 6.92 Å². The van der Waals surface area contributed by atoms with E-state index >= 15 is 0 Å². The number of hydrogen-bond acceptors (Lipinski definition) is 6. The maximum Gasteiger partial charge on any atom is 0.243 e. The van der Waals surface area contributed by atoms with E-state index in [1.807, 2.05) is 36.4 Å². The van der Waals surface area contributed by atoms with Gasteiger partial charge in [-0.15, -0.1) is 10.2 Å². The van der Waals surface area contributed by atoms with E-state index in [4.69, 9.17) is 0 Å². The van der Waals surface area contributed by atoms with Crippen molar-refractivity contribution in [3.63, 3.8) is 0 Å². The molecule has 2 heterocycles. The number of hydrogen-bond donors (Lipinski definition) is 1. The van der Waals surface area contributed by atoms with E-state index in [1.165, 1.54) is 10.5 Å². The molecule has 1 amide bonds. The van der Waals surface area contributed by atoms with Crippen molar-refractivity contribution in [2.75, 3.05) is 37.6 Å². The molecule has 156 valence electrons. The number of piperazine rings is 1. The van der Waals surface area contributed by atoms with Crippen LogP contribution in [0.2, 0.25) is 0 Å². The SMILES string of the molecule is CC(CNC(=O)Cn1nnc(-c2ccccc2)n1)N1CCN(c2ccccc2)CC1. The Morgan fingerprint density at radius 1 is 1.00 bits per heavy atom. The summed E-state index contributed by atoms with van der Waals surface area (Å²) in [6.45, 7) is 6.77. The molecule has 0 bridgehead atoms. The lowest BCUT2D eigenvalue weighted by Gasteiger charge is -2.39. The number of carbonyl (C=O) groups is 1. The minimum Gasteiger partial charge on any atom is -0.369 e. The molecule has 1 unspecified atom stereocenters. The lowest BCUT2D eigenvalue weighted by Crippen LogP contribution is -2.52. The van der Waals surface area contributed by atoms with Crippen LogP contribution in [-0.2, 0) is 11.3 Å². The molecule has 4 rings (SSSR count). The molecule has 1 atom stereocenters. The molecular formula is C22H27N7O. The molecule has 1 fully saturated rings. The second-order valence-electron chi connectivity index (χ2n) is 7.52. The highest BCUT2D eigenvalue weighted by molar-refractivity contribution is 5.75. The van der Waals surface area contributed by atoms with Crippen molar-refractivity contribution in [1.29, 1.82) is 0 Å². The molecule has 1 N–H and O–H groups in total. The summed E-state index contributed by atoms with van der Waals surface area (Å²) in [6, 6.07) is 20.4. The molecule has 0 saturated carbocycles. The predicted molar refractivity (Wildman–Crippen MR) is 116 cm³/mol. The van der Waals surface area contributed by atoms with Gasteiger partial charge in [0.25, 0.3) is 0 Å². The molecule has 3 aromatic rings. The fourth-order valence-corrected chi connectivity index (χ4v) is 3.65. The molecule has 1 aromatic heterocycles. The Kier molecular flexibility index (Phi) is 6.34. The van der Waals surface area contributed by atoms with Crippen LogP contribution in [0, 0.1) is 0 Å². The number of aromatic nitrogens is 4. The normalized spacial score (nSPS) is 15.7. The third kappa shape index (κ3) is 5.01. The Morgan fingerprint density at radius 2 is 1.67 bits per heavy atom. The van der Waals surface area contributed by atoms with Gasteiger partial charge in [0.15, 0.2) is 0 Å². The molecular weight excluding hydrogens is 378 g/mol. The van der Waals surface area contributed by atoms with Gasteiger partial charge in [0, 0.05) is 50.0 Å². The number of para-hydroxylation sites is 1. The average Bonchev–Trinajstić information content (AvgIpc) is 3.27. The monoisotopic (exact) mass is 405 g/mol. The van der Waals surface area contributed by atoms with E-state index < -0.39 is 0 Å². The van der Waals surface area contributed by atoms with Crippen molar-refractivity contribution in [2.45, 2.75) is 19.5 Å². The first-order chi connectivity index (χ1) is 14.7. The van der Waals surface area contributed by atoms with Gasteiger partial charge in [-0.3, -0.25) is 9.69 Å². The zero-order valence-electron chi connectivity index (χ0n) is 17.2. The van der Waals surface area contributed by atoms with Gasteiger partial charge in [-0.25, -0.2) is 0 Å². The molecule has 0 aliphatic carbocycles. The zero-order chi connectivity index (χ0) is 20.8. The number of rotatable bonds is 7. The van der Waals surface area contributed by atoms with Gasteiger partial charge in [0.2, 0.25) is 11.7 Å². The van der Waals surface area contributed by atoms with Crippen molar-refractivity contribution >= 4 is 11.6 Å². The van der Waals surface area contributed by atoms with E-state index in [9.17, 15) is 4.79 Å². The molecule has 0 radical (unpaired) electrons. The minimum absolute atomic E-state index is 0.0638. The summed E-state index contributed by atoms with van der Waals surface area (Å²) in [7, 11) is 0. The van der Waals surface area contributed by atoms with Gasteiger partial charge >= 0.3 is 0 Å². The fraction of sp³-hybridized carbons (Fsp3) is 0.364. The molecule has 30 heavy (non-hydrogen) atoms. The van der Waals surface area contributed by atoms with Crippen LogP contribution in [0.15, 0.2) is 60.7 Å². The number of anilines is 1. The Bertz CT molecular complexity index is 936. The van der Waals surface area contributed by atoms with Crippen molar-refractivity contribution in [1.82, 2.24) is 30.4 Å². The highest BCUT2D eigenvalue weighted by Gasteiger charge is 2.21. The van der Waals surface area contributed by atoms with Crippen LogP contribution >= 0.6 is 0 Å². The highest BCUT2D eigenvalue weighted by atomic mass is 16.2. The standard InChI is InChI=1S/C22H27N7O/c1-18(27-12-14-28(15-13-27)20-10-6-3-7-11-20)16-23-21(30)17-29-25-22(24-26-29)19-8-4-2-5-9-19/h2-11,18H,12-17H2,1H3,(H,23,30). The summed E-state index contributed by atoms with van der Waals surface area (Å²) in [6.07, 6.45) is 0. The van der Waals surface area contributed by atoms with Crippen LogP contribution in [0.4, 0.5) is 5.69 Å². The van der Waals surface area contributed by atoms with Crippen molar-refractivity contribution in [2.24, 2.45) is 0 Å². The van der Waals surface area contributed by atoms with Crippen molar-refractivity contribution in [3.05, 3.63) is 60.7 Å². The first kappa shape index (κ1) is 20.0. The Labute approximate surface area is 176 Å². The van der Waals surface area contributed by atoms with Crippen LogP contribution in [-0.4, -0.2) is 69.8 Å². The lowest BCUT2D eigenvalue weighted by atomic mass is 10.2. The van der Waals surface area contributed by atoms with Crippen molar-refractivity contribution in [3.8, 4) is 11.4 Å². The lowest BCUT2D eigenvalue weighted by molar-refractivity contribution is -0.122. The maximum atomic E-state index is 12.3. The van der Waals surface area contributed by atoms with Crippen LogP contribution in [0.5, 0.6) is 0 Å². The van der Waals surface area contributed by atoms with E-state index in [0.717, 1.165) is 31.7 Å². The Morgan fingerprint density at radius 3 is 2.37 bits per heavy atom. The summed E-state index contributed by atoms with van der Waals surface area (Å²) in [5.74, 6) is 0.412. The first-order valence-corrected chi connectivity index (χ1v) is 10.3. The Hall–Kier alpha value is -3.26. The van der Waals surface area contributed by atoms with Gasteiger partial charge in [0.1, 0.15) is 6.54 Å². The van der Waals surface area contributed by atoms with Crippen LogP contribution < -0.4 is 10.2 Å². The van der Waals surface area contributed by atoms with E-state index in [1.54, 1.807) is 0 Å². The van der Waals surface area contributed by atoms with Crippen LogP contribution in [0.3, 0.4) is 0 Å². The van der Waals surface area contributed by atoms with E-state index in [2.05, 4.69) is 61.7 Å². The summed E-state index contributed by atoms with van der Waals surface area (Å²) < 4.78 is 0. The van der Waals surface area contributed by atoms with Gasteiger partial charge in [-0.1, -0.05) is 48.5 Å². The number of benzene rings is 2. The van der Waals surface area contributed by atoms with Crippen LogP contribution in [0.25, 0.3) is 11.4 Å². The van der Waals surface area contributed by atoms with Gasteiger partial charge < -0.3 is 10.2 Å². The topological polar surface area (TPSA) is 79.2 Å². The fourth-order valence-electron chi connectivity index (χ4n) is 3.65. The maximum absolute atomic E-state index is 12.3. The van der Waals surface area contributed by atoms with Gasteiger partial charge in [-0.2, -0.15) is 4.80 Å². The third-order valence-electron chi connectivity index (χ3n) is 5.42. The second kappa shape index (κ2) is 9.49.